The molecule has 0 aliphatic carbocycles. The highest BCUT2D eigenvalue weighted by Gasteiger charge is 2.52. The Kier molecular flexibility index (Phi) is 4.09. The van der Waals surface area contributed by atoms with Gasteiger partial charge in [0.15, 0.2) is 0 Å². The number of carbonyl (C=O) groups excluding carboxylic acids is 2. The third-order valence-corrected chi connectivity index (χ3v) is 3.84. The van der Waals surface area contributed by atoms with Crippen LogP contribution >= 0.6 is 11.3 Å². The molecule has 2 heterocycles. The third-order valence-electron chi connectivity index (χ3n) is 3.16. The van der Waals surface area contributed by atoms with Crippen LogP contribution in [0.2, 0.25) is 0 Å². The Bertz CT molecular complexity index is 547. The summed E-state index contributed by atoms with van der Waals surface area (Å²) in [6.07, 6.45) is 1.41. The molecule has 21 heavy (non-hydrogen) atoms. The lowest BCUT2D eigenvalue weighted by molar-refractivity contribution is -0.167. The molecular formula is C15H19NO4S. The lowest BCUT2D eigenvalue weighted by Gasteiger charge is -2.24. The summed E-state index contributed by atoms with van der Waals surface area (Å²) in [6, 6.07) is 1.87. The molecule has 1 atom stereocenters. The van der Waals surface area contributed by atoms with E-state index in [2.05, 4.69) is 6.58 Å². The van der Waals surface area contributed by atoms with E-state index in [0.29, 0.717) is 6.42 Å². The van der Waals surface area contributed by atoms with Gasteiger partial charge in [0.25, 0.3) is 0 Å². The fourth-order valence-electron chi connectivity index (χ4n) is 2.20. The first-order valence-corrected chi connectivity index (χ1v) is 7.59. The number of hydroxylamine groups is 2. The molecule has 0 spiro atoms. The van der Waals surface area contributed by atoms with Crippen molar-refractivity contribution in [1.29, 1.82) is 0 Å². The number of thiophene rings is 1. The molecule has 1 saturated heterocycles. The van der Waals surface area contributed by atoms with E-state index in [-0.39, 0.29) is 6.54 Å². The van der Waals surface area contributed by atoms with Crippen molar-refractivity contribution in [3.05, 3.63) is 35.0 Å². The Labute approximate surface area is 128 Å². The van der Waals surface area contributed by atoms with Gasteiger partial charge in [0.1, 0.15) is 11.0 Å². The first-order chi connectivity index (χ1) is 9.78. The molecule has 0 radical (unpaired) electrons. The summed E-state index contributed by atoms with van der Waals surface area (Å²) >= 11 is 1.50. The van der Waals surface area contributed by atoms with Gasteiger partial charge in [0, 0.05) is 0 Å². The van der Waals surface area contributed by atoms with Crippen molar-refractivity contribution in [1.82, 2.24) is 5.06 Å². The minimum absolute atomic E-state index is 0.128. The summed E-state index contributed by atoms with van der Waals surface area (Å²) in [4.78, 5) is 29.6. The summed E-state index contributed by atoms with van der Waals surface area (Å²) < 4.78 is 5.25. The molecule has 0 unspecified atom stereocenters. The minimum atomic E-state index is -0.890. The van der Waals surface area contributed by atoms with Gasteiger partial charge in [-0.1, -0.05) is 6.08 Å². The number of rotatable bonds is 3. The average molecular weight is 309 g/mol. The number of nitrogens with zero attached hydrogens (tertiary/aromatic N) is 1. The molecular weight excluding hydrogens is 290 g/mol. The monoisotopic (exact) mass is 309 g/mol. The van der Waals surface area contributed by atoms with Gasteiger partial charge in [-0.2, -0.15) is 11.3 Å². The van der Waals surface area contributed by atoms with Crippen molar-refractivity contribution in [2.24, 2.45) is 0 Å². The van der Waals surface area contributed by atoms with Crippen molar-refractivity contribution < 1.29 is 19.2 Å². The Morgan fingerprint density at radius 1 is 1.62 bits per heavy atom. The van der Waals surface area contributed by atoms with Crippen molar-refractivity contribution in [3.63, 3.8) is 0 Å². The van der Waals surface area contributed by atoms with Gasteiger partial charge in [-0.05, 0) is 49.6 Å². The third kappa shape index (κ3) is 3.10. The Morgan fingerprint density at radius 2 is 2.33 bits per heavy atom. The van der Waals surface area contributed by atoms with Crippen LogP contribution in [0, 0.1) is 0 Å². The van der Waals surface area contributed by atoms with Gasteiger partial charge >= 0.3 is 12.1 Å². The lowest BCUT2D eigenvalue weighted by Crippen LogP contribution is -2.38. The second kappa shape index (κ2) is 5.52. The van der Waals surface area contributed by atoms with E-state index in [9.17, 15) is 9.59 Å². The number of hydrogen-bond donors (Lipinski definition) is 0. The van der Waals surface area contributed by atoms with Gasteiger partial charge in [-0.3, -0.25) is 0 Å². The number of amides is 1. The molecule has 1 aromatic heterocycles. The second-order valence-electron chi connectivity index (χ2n) is 5.98. The van der Waals surface area contributed by atoms with E-state index >= 15 is 0 Å². The van der Waals surface area contributed by atoms with Crippen LogP contribution in [0.15, 0.2) is 29.5 Å². The summed E-state index contributed by atoms with van der Waals surface area (Å²) in [7, 11) is 0. The predicted octanol–water partition coefficient (Wildman–Crippen LogP) is 3.27. The topological polar surface area (TPSA) is 55.8 Å². The largest absolute Gasteiger partial charge is 0.443 e. The molecule has 1 amide bonds. The van der Waals surface area contributed by atoms with E-state index in [1.54, 1.807) is 26.8 Å². The second-order valence-corrected chi connectivity index (χ2v) is 6.76. The minimum Gasteiger partial charge on any atom is -0.442 e. The highest BCUT2D eigenvalue weighted by atomic mass is 32.1. The van der Waals surface area contributed by atoms with Crippen molar-refractivity contribution >= 4 is 23.4 Å². The fourth-order valence-corrected chi connectivity index (χ4v) is 2.96. The standard InChI is InChI=1S/C15H19NO4S/c1-5-7-15(11-6-8-21-9-11)10-16(20-12(15)17)13(18)19-14(2,3)4/h5-6,8-9H,1,7,10H2,2-4H3/t15-/m1/s1. The number of carbonyl (C=O) groups is 2. The molecule has 0 N–H and O–H groups in total. The molecule has 0 saturated carbocycles. The maximum atomic E-state index is 12.4. The maximum Gasteiger partial charge on any atom is 0.443 e. The van der Waals surface area contributed by atoms with Crippen LogP contribution < -0.4 is 0 Å². The summed E-state index contributed by atoms with van der Waals surface area (Å²) in [5.74, 6) is -0.452. The van der Waals surface area contributed by atoms with Gasteiger partial charge in [0.05, 0.1) is 6.54 Å². The normalized spacial score (nSPS) is 22.0. The molecule has 6 heteroatoms. The first kappa shape index (κ1) is 15.6. The fraction of sp³-hybridized carbons (Fsp3) is 0.467. The molecule has 5 nitrogen and oxygen atoms in total. The molecule has 0 aromatic carbocycles. The number of hydrogen-bond acceptors (Lipinski definition) is 5. The number of allylic oxidation sites excluding steroid dienone is 1. The van der Waals surface area contributed by atoms with Crippen LogP contribution in [0.4, 0.5) is 4.79 Å². The van der Waals surface area contributed by atoms with Gasteiger partial charge < -0.3 is 9.57 Å². The zero-order valence-electron chi connectivity index (χ0n) is 12.4. The number of ether oxygens (including phenoxy) is 1. The SMILES string of the molecule is C=CC[C@]1(c2ccsc2)CN(C(=O)OC(C)(C)C)OC1=O. The quantitative estimate of drug-likeness (QED) is 0.804. The zero-order valence-corrected chi connectivity index (χ0v) is 13.2. The average Bonchev–Trinajstić information content (AvgIpc) is 2.97. The van der Waals surface area contributed by atoms with Crippen LogP contribution in [0.1, 0.15) is 32.8 Å². The molecule has 1 aliphatic heterocycles. The summed E-state index contributed by atoms with van der Waals surface area (Å²) in [5, 5.41) is 4.78. The van der Waals surface area contributed by atoms with E-state index in [0.717, 1.165) is 10.6 Å². The summed E-state index contributed by atoms with van der Waals surface area (Å²) in [6.45, 7) is 9.12. The zero-order chi connectivity index (χ0) is 15.7. The van der Waals surface area contributed by atoms with Gasteiger partial charge in [0.2, 0.25) is 0 Å². The lowest BCUT2D eigenvalue weighted by atomic mass is 9.79. The molecule has 1 fully saturated rings. The maximum absolute atomic E-state index is 12.4. The highest BCUT2D eigenvalue weighted by molar-refractivity contribution is 7.08. The van der Waals surface area contributed by atoms with Crippen LogP contribution in [0.25, 0.3) is 0 Å². The van der Waals surface area contributed by atoms with Gasteiger partial charge in [-0.15, -0.1) is 11.6 Å². The molecule has 1 aromatic rings. The smallest absolute Gasteiger partial charge is 0.442 e. The predicted molar refractivity (Wildman–Crippen MR) is 79.8 cm³/mol. The van der Waals surface area contributed by atoms with E-state index in [4.69, 9.17) is 9.57 Å². The molecule has 114 valence electrons. The van der Waals surface area contributed by atoms with E-state index < -0.39 is 23.1 Å². The Morgan fingerprint density at radius 3 is 2.86 bits per heavy atom. The van der Waals surface area contributed by atoms with Crippen molar-refractivity contribution in [2.75, 3.05) is 6.54 Å². The Balaban J connectivity index is 2.24. The van der Waals surface area contributed by atoms with Gasteiger partial charge in [-0.25, -0.2) is 9.59 Å². The molecule has 0 bridgehead atoms. The summed E-state index contributed by atoms with van der Waals surface area (Å²) in [5.41, 5.74) is -0.697. The Hall–Kier alpha value is -1.82. The van der Waals surface area contributed by atoms with Crippen molar-refractivity contribution in [2.45, 2.75) is 38.2 Å². The van der Waals surface area contributed by atoms with Crippen molar-refractivity contribution in [3.8, 4) is 0 Å². The highest BCUT2D eigenvalue weighted by Crippen LogP contribution is 2.37. The molecule has 1 aliphatic rings. The van der Waals surface area contributed by atoms with Crippen LogP contribution in [0.5, 0.6) is 0 Å². The molecule has 2 rings (SSSR count). The van der Waals surface area contributed by atoms with Crippen LogP contribution in [-0.4, -0.2) is 29.3 Å². The van der Waals surface area contributed by atoms with E-state index in [1.807, 2.05) is 16.8 Å². The van der Waals surface area contributed by atoms with E-state index in [1.165, 1.54) is 11.3 Å². The van der Waals surface area contributed by atoms with Crippen LogP contribution in [0.3, 0.4) is 0 Å². The van der Waals surface area contributed by atoms with Crippen LogP contribution in [-0.2, 0) is 19.8 Å². The first-order valence-electron chi connectivity index (χ1n) is 6.65.